The van der Waals surface area contributed by atoms with Crippen molar-refractivity contribution in [3.05, 3.63) is 38.8 Å². The summed E-state index contributed by atoms with van der Waals surface area (Å²) in [5, 5.41) is 5.95. The average Bonchev–Trinajstić information content (AvgIpc) is 2.80. The molecule has 0 atom stereocenters. The van der Waals surface area contributed by atoms with Gasteiger partial charge in [0.15, 0.2) is 0 Å². The summed E-state index contributed by atoms with van der Waals surface area (Å²) in [5.41, 5.74) is 1.85. The first kappa shape index (κ1) is 13.8. The van der Waals surface area contributed by atoms with Crippen LogP contribution < -0.4 is 10.1 Å². The number of carbonyl (C=O) groups excluding carboxylic acids is 1. The Labute approximate surface area is 120 Å². The molecule has 1 aromatic carbocycles. The maximum Gasteiger partial charge on any atom is 0.275 e. The van der Waals surface area contributed by atoms with E-state index in [0.29, 0.717) is 22.2 Å². The highest BCUT2D eigenvalue weighted by atomic mass is 35.5. The largest absolute Gasteiger partial charge is 0.495 e. The highest BCUT2D eigenvalue weighted by Gasteiger charge is 2.13. The summed E-state index contributed by atoms with van der Waals surface area (Å²) in [7, 11) is 1.53. The zero-order valence-electron chi connectivity index (χ0n) is 10.8. The molecule has 2 rings (SSSR count). The van der Waals surface area contributed by atoms with Crippen molar-refractivity contribution in [2.45, 2.75) is 13.8 Å². The van der Waals surface area contributed by atoms with Crippen molar-refractivity contribution < 1.29 is 9.53 Å². The first-order valence-corrected chi connectivity index (χ1v) is 6.84. The van der Waals surface area contributed by atoms with Crippen LogP contribution in [0.3, 0.4) is 0 Å². The average molecular weight is 297 g/mol. The van der Waals surface area contributed by atoms with Gasteiger partial charge in [-0.3, -0.25) is 4.79 Å². The number of nitrogens with zero attached hydrogens (tertiary/aromatic N) is 1. The number of amides is 1. The van der Waals surface area contributed by atoms with Crippen LogP contribution in [0.4, 0.5) is 5.69 Å². The molecule has 1 aromatic heterocycles. The quantitative estimate of drug-likeness (QED) is 0.940. The molecule has 100 valence electrons. The monoisotopic (exact) mass is 296 g/mol. The van der Waals surface area contributed by atoms with Gasteiger partial charge in [-0.1, -0.05) is 11.6 Å². The number of aromatic nitrogens is 1. The van der Waals surface area contributed by atoms with Crippen molar-refractivity contribution in [3.8, 4) is 5.75 Å². The summed E-state index contributed by atoms with van der Waals surface area (Å²) >= 11 is 7.45. The number of methoxy groups -OCH3 is 1. The van der Waals surface area contributed by atoms with E-state index in [9.17, 15) is 4.79 Å². The first-order valence-electron chi connectivity index (χ1n) is 5.59. The molecule has 0 aliphatic rings. The van der Waals surface area contributed by atoms with Gasteiger partial charge in [-0.25, -0.2) is 4.98 Å². The topological polar surface area (TPSA) is 51.2 Å². The standard InChI is InChI=1S/C13H13ClN2O2S/c1-7-4-10(12(18-3)5-9(7)14)16-13(17)11-6-19-8(2)15-11/h4-6H,1-3H3,(H,16,17). The van der Waals surface area contributed by atoms with Crippen LogP contribution in [0.25, 0.3) is 0 Å². The number of halogens is 1. The summed E-state index contributed by atoms with van der Waals surface area (Å²) in [4.78, 5) is 16.2. The van der Waals surface area contributed by atoms with Crippen molar-refractivity contribution in [2.24, 2.45) is 0 Å². The molecule has 0 radical (unpaired) electrons. The molecule has 0 aliphatic carbocycles. The number of anilines is 1. The van der Waals surface area contributed by atoms with Crippen LogP contribution in [0.1, 0.15) is 21.1 Å². The van der Waals surface area contributed by atoms with Gasteiger partial charge in [-0.2, -0.15) is 0 Å². The lowest BCUT2D eigenvalue weighted by atomic mass is 10.2. The lowest BCUT2D eigenvalue weighted by Crippen LogP contribution is -2.13. The van der Waals surface area contributed by atoms with Crippen LogP contribution in [0, 0.1) is 13.8 Å². The van der Waals surface area contributed by atoms with Crippen LogP contribution in [0.2, 0.25) is 5.02 Å². The summed E-state index contributed by atoms with van der Waals surface area (Å²) < 4.78 is 5.21. The predicted octanol–water partition coefficient (Wildman–Crippen LogP) is 3.67. The molecular formula is C13H13ClN2O2S. The minimum atomic E-state index is -0.260. The van der Waals surface area contributed by atoms with E-state index < -0.39 is 0 Å². The van der Waals surface area contributed by atoms with E-state index in [2.05, 4.69) is 10.3 Å². The molecule has 0 spiro atoms. The molecule has 1 heterocycles. The minimum Gasteiger partial charge on any atom is -0.495 e. The van der Waals surface area contributed by atoms with Crippen LogP contribution in [0.5, 0.6) is 5.75 Å². The van der Waals surface area contributed by atoms with Crippen LogP contribution >= 0.6 is 22.9 Å². The smallest absolute Gasteiger partial charge is 0.275 e. The third-order valence-corrected chi connectivity index (χ3v) is 3.76. The van der Waals surface area contributed by atoms with Gasteiger partial charge in [-0.15, -0.1) is 11.3 Å². The number of hydrogen-bond acceptors (Lipinski definition) is 4. The van der Waals surface area contributed by atoms with Crippen LogP contribution in [-0.2, 0) is 0 Å². The number of nitrogens with one attached hydrogen (secondary N) is 1. The molecule has 2 aromatic rings. The fourth-order valence-corrected chi connectivity index (χ4v) is 2.33. The molecule has 0 saturated carbocycles. The molecule has 0 saturated heterocycles. The van der Waals surface area contributed by atoms with Crippen molar-refractivity contribution >= 4 is 34.5 Å². The molecule has 0 aliphatic heterocycles. The fraction of sp³-hybridized carbons (Fsp3) is 0.231. The second-order valence-electron chi connectivity index (χ2n) is 4.01. The highest BCUT2D eigenvalue weighted by molar-refractivity contribution is 7.09. The lowest BCUT2D eigenvalue weighted by molar-refractivity contribution is 0.102. The van der Waals surface area contributed by atoms with Crippen LogP contribution in [-0.4, -0.2) is 18.0 Å². The van der Waals surface area contributed by atoms with E-state index in [-0.39, 0.29) is 5.91 Å². The van der Waals surface area contributed by atoms with Gasteiger partial charge in [0.2, 0.25) is 0 Å². The maximum absolute atomic E-state index is 12.0. The van der Waals surface area contributed by atoms with Gasteiger partial charge in [0.05, 0.1) is 17.8 Å². The Morgan fingerprint density at radius 2 is 2.16 bits per heavy atom. The predicted molar refractivity (Wildman–Crippen MR) is 77.5 cm³/mol. The van der Waals surface area contributed by atoms with Crippen LogP contribution in [0.15, 0.2) is 17.5 Å². The van der Waals surface area contributed by atoms with E-state index in [1.54, 1.807) is 17.5 Å². The molecule has 1 N–H and O–H groups in total. The zero-order valence-corrected chi connectivity index (χ0v) is 12.4. The molecule has 1 amide bonds. The molecule has 6 heteroatoms. The molecule has 4 nitrogen and oxygen atoms in total. The summed E-state index contributed by atoms with van der Waals surface area (Å²) in [6.45, 7) is 3.72. The Kier molecular flexibility index (Phi) is 4.07. The molecule has 0 unspecified atom stereocenters. The number of aryl methyl sites for hydroxylation is 2. The normalized spacial score (nSPS) is 10.3. The zero-order chi connectivity index (χ0) is 14.0. The highest BCUT2D eigenvalue weighted by Crippen LogP contribution is 2.31. The number of carbonyl (C=O) groups is 1. The van der Waals surface area contributed by atoms with E-state index in [4.69, 9.17) is 16.3 Å². The number of rotatable bonds is 3. The Bertz CT molecular complexity index is 625. The Morgan fingerprint density at radius 1 is 1.42 bits per heavy atom. The maximum atomic E-state index is 12.0. The van der Waals surface area contributed by atoms with Gasteiger partial charge in [0, 0.05) is 16.5 Å². The summed E-state index contributed by atoms with van der Waals surface area (Å²) in [6.07, 6.45) is 0. The third-order valence-electron chi connectivity index (χ3n) is 2.58. The van der Waals surface area contributed by atoms with Crippen molar-refractivity contribution in [1.29, 1.82) is 0 Å². The molecule has 0 fully saturated rings. The van der Waals surface area contributed by atoms with E-state index in [1.807, 2.05) is 13.8 Å². The van der Waals surface area contributed by atoms with E-state index >= 15 is 0 Å². The second kappa shape index (κ2) is 5.59. The Hall–Kier alpha value is -1.59. The molecular weight excluding hydrogens is 284 g/mol. The molecule has 19 heavy (non-hydrogen) atoms. The molecule has 0 bridgehead atoms. The second-order valence-corrected chi connectivity index (χ2v) is 5.48. The first-order chi connectivity index (χ1) is 9.01. The van der Waals surface area contributed by atoms with Gasteiger partial charge < -0.3 is 10.1 Å². The SMILES string of the molecule is COc1cc(Cl)c(C)cc1NC(=O)c1csc(C)n1. The lowest BCUT2D eigenvalue weighted by Gasteiger charge is -2.11. The minimum absolute atomic E-state index is 0.260. The number of thiazole rings is 1. The van der Waals surface area contributed by atoms with Crippen molar-refractivity contribution in [1.82, 2.24) is 4.98 Å². The number of hydrogen-bond donors (Lipinski definition) is 1. The van der Waals surface area contributed by atoms with E-state index in [0.717, 1.165) is 10.6 Å². The Morgan fingerprint density at radius 3 is 2.74 bits per heavy atom. The summed E-state index contributed by atoms with van der Waals surface area (Å²) in [5.74, 6) is 0.264. The fourth-order valence-electron chi connectivity index (χ4n) is 1.58. The number of benzene rings is 1. The van der Waals surface area contributed by atoms with Crippen molar-refractivity contribution in [3.63, 3.8) is 0 Å². The van der Waals surface area contributed by atoms with Gasteiger partial charge in [0.25, 0.3) is 5.91 Å². The van der Waals surface area contributed by atoms with Crippen molar-refractivity contribution in [2.75, 3.05) is 12.4 Å². The number of ether oxygens (including phenoxy) is 1. The Balaban J connectivity index is 2.28. The van der Waals surface area contributed by atoms with Gasteiger partial charge in [0.1, 0.15) is 11.4 Å². The van der Waals surface area contributed by atoms with Gasteiger partial charge >= 0.3 is 0 Å². The summed E-state index contributed by atoms with van der Waals surface area (Å²) in [6, 6.07) is 3.46. The third kappa shape index (κ3) is 3.05. The van der Waals surface area contributed by atoms with E-state index in [1.165, 1.54) is 18.4 Å². The van der Waals surface area contributed by atoms with Gasteiger partial charge in [-0.05, 0) is 25.5 Å².